The zero-order chi connectivity index (χ0) is 26.6. The lowest BCUT2D eigenvalue weighted by Gasteiger charge is -2.24. The molecule has 5 rings (SSSR count). The number of amides is 2. The van der Waals surface area contributed by atoms with Crippen LogP contribution in [-0.2, 0) is 0 Å². The Labute approximate surface area is 216 Å². The highest BCUT2D eigenvalue weighted by atomic mass is 19.3. The van der Waals surface area contributed by atoms with Crippen LogP contribution in [-0.4, -0.2) is 70.5 Å². The van der Waals surface area contributed by atoms with Gasteiger partial charge >= 0.3 is 6.09 Å². The predicted molar refractivity (Wildman–Crippen MR) is 137 cm³/mol. The number of halogens is 2. The summed E-state index contributed by atoms with van der Waals surface area (Å²) >= 11 is 0. The van der Waals surface area contributed by atoms with E-state index in [4.69, 9.17) is 0 Å². The number of aromatic nitrogens is 1. The molecule has 2 aromatic rings. The highest BCUT2D eigenvalue weighted by Gasteiger charge is 2.42. The fourth-order valence-corrected chi connectivity index (χ4v) is 5.53. The lowest BCUT2D eigenvalue weighted by molar-refractivity contribution is -0.0717. The van der Waals surface area contributed by atoms with Gasteiger partial charge in [0.05, 0.1) is 17.3 Å². The molecule has 3 fully saturated rings. The van der Waals surface area contributed by atoms with Gasteiger partial charge in [0.15, 0.2) is 0 Å². The van der Waals surface area contributed by atoms with E-state index >= 15 is 0 Å². The second-order valence-electron chi connectivity index (χ2n) is 10.5. The molecule has 2 unspecified atom stereocenters. The number of aryl methyl sites for hydroxylation is 2. The van der Waals surface area contributed by atoms with E-state index in [0.29, 0.717) is 18.3 Å². The maximum absolute atomic E-state index is 13.1. The van der Waals surface area contributed by atoms with Gasteiger partial charge in [-0.05, 0) is 55.7 Å². The van der Waals surface area contributed by atoms with E-state index in [0.717, 1.165) is 61.5 Å². The molecule has 0 radical (unpaired) electrons. The Morgan fingerprint density at radius 3 is 2.22 bits per heavy atom. The van der Waals surface area contributed by atoms with Gasteiger partial charge in [-0.3, -0.25) is 9.78 Å². The first kappa shape index (κ1) is 27.0. The van der Waals surface area contributed by atoms with E-state index in [9.17, 15) is 23.5 Å². The first-order valence-corrected chi connectivity index (χ1v) is 13.0. The van der Waals surface area contributed by atoms with Gasteiger partial charge in [-0.2, -0.15) is 0 Å². The Hall–Kier alpha value is -3.07. The summed E-state index contributed by atoms with van der Waals surface area (Å²) < 4.78 is 23.1. The van der Waals surface area contributed by atoms with Crippen molar-refractivity contribution in [2.24, 2.45) is 11.8 Å². The van der Waals surface area contributed by atoms with E-state index < -0.39 is 12.0 Å². The lowest BCUT2D eigenvalue weighted by Crippen LogP contribution is -2.35. The average Bonchev–Trinajstić information content (AvgIpc) is 3.40. The molecule has 2 amide bonds. The van der Waals surface area contributed by atoms with E-state index in [2.05, 4.69) is 15.2 Å². The predicted octanol–water partition coefficient (Wildman–Crippen LogP) is 4.91. The van der Waals surface area contributed by atoms with Gasteiger partial charge in [-0.1, -0.05) is 30.3 Å². The Bertz CT molecular complexity index is 1060. The number of carbonyl (C=O) groups excluding carboxylic acids is 1. The molecule has 0 bridgehead atoms. The van der Waals surface area contributed by atoms with Crippen LogP contribution in [0.5, 0.6) is 0 Å². The number of hydrogen-bond acceptors (Lipinski definition) is 4. The molecular formula is C28H36F2N4O3. The van der Waals surface area contributed by atoms with Crippen molar-refractivity contribution >= 4 is 12.0 Å². The molecule has 0 spiro atoms. The van der Waals surface area contributed by atoms with Gasteiger partial charge in [0.25, 0.3) is 5.91 Å². The normalized spacial score (nSPS) is 22.9. The van der Waals surface area contributed by atoms with Gasteiger partial charge < -0.3 is 20.2 Å². The quantitative estimate of drug-likeness (QED) is 0.572. The van der Waals surface area contributed by atoms with Gasteiger partial charge in [-0.25, -0.2) is 13.6 Å². The molecule has 7 nitrogen and oxygen atoms in total. The molecule has 1 aliphatic carbocycles. The summed E-state index contributed by atoms with van der Waals surface area (Å²) in [4.78, 5) is 33.0. The topological polar surface area (TPSA) is 85.8 Å². The summed E-state index contributed by atoms with van der Waals surface area (Å²) in [5, 5.41) is 11.9. The van der Waals surface area contributed by atoms with Gasteiger partial charge in [-0.15, -0.1) is 0 Å². The summed E-state index contributed by atoms with van der Waals surface area (Å²) in [7, 11) is 0. The van der Waals surface area contributed by atoms with E-state index in [1.165, 1.54) is 0 Å². The van der Waals surface area contributed by atoms with Crippen LogP contribution in [0.25, 0.3) is 0 Å². The fraction of sp³-hybridized carbons (Fsp3) is 0.536. The Morgan fingerprint density at radius 1 is 1.08 bits per heavy atom. The molecule has 1 aromatic carbocycles. The van der Waals surface area contributed by atoms with Crippen LogP contribution >= 0.6 is 0 Å². The highest BCUT2D eigenvalue weighted by molar-refractivity contribution is 5.96. The Kier molecular flexibility index (Phi) is 8.42. The summed E-state index contributed by atoms with van der Waals surface area (Å²) in [6.07, 6.45) is 2.43. The van der Waals surface area contributed by atoms with Crippen LogP contribution in [0, 0.1) is 25.7 Å². The number of carboxylic acid groups (broad SMARTS) is 1. The molecule has 1 aromatic heterocycles. The van der Waals surface area contributed by atoms with Crippen LogP contribution in [0.15, 0.2) is 42.6 Å². The number of pyridine rings is 1. The average molecular weight is 515 g/mol. The summed E-state index contributed by atoms with van der Waals surface area (Å²) in [6, 6.07) is 11.4. The number of hydrogen-bond donors (Lipinski definition) is 2. The van der Waals surface area contributed by atoms with Crippen molar-refractivity contribution in [3.05, 3.63) is 65.0 Å². The zero-order valence-electron chi connectivity index (χ0n) is 21.5. The lowest BCUT2D eigenvalue weighted by atomic mass is 9.95. The number of nitrogens with zero attached hydrogens (tertiary/aromatic N) is 3. The molecule has 2 aliphatic heterocycles. The van der Waals surface area contributed by atoms with Gasteiger partial charge in [0, 0.05) is 51.8 Å². The maximum atomic E-state index is 13.1. The first-order valence-electron chi connectivity index (χ1n) is 13.0. The van der Waals surface area contributed by atoms with Crippen LogP contribution in [0.4, 0.5) is 13.6 Å². The number of nitrogens with one attached hydrogen (secondary N) is 1. The van der Waals surface area contributed by atoms with Crippen molar-refractivity contribution in [3.63, 3.8) is 0 Å². The second-order valence-corrected chi connectivity index (χ2v) is 10.5. The van der Waals surface area contributed by atoms with Crippen LogP contribution in [0.3, 0.4) is 0 Å². The Morgan fingerprint density at radius 2 is 1.70 bits per heavy atom. The number of benzene rings is 1. The smallest absolute Gasteiger partial charge is 0.405 e. The molecule has 3 atom stereocenters. The van der Waals surface area contributed by atoms with Crippen molar-refractivity contribution in [1.82, 2.24) is 20.1 Å². The number of rotatable bonds is 6. The molecule has 37 heavy (non-hydrogen) atoms. The van der Waals surface area contributed by atoms with Crippen LogP contribution < -0.4 is 5.32 Å². The number of carbonyl (C=O) groups is 2. The maximum Gasteiger partial charge on any atom is 0.405 e. The minimum absolute atomic E-state index is 0.0962. The molecule has 9 heteroatoms. The van der Waals surface area contributed by atoms with Gasteiger partial charge in [0.2, 0.25) is 5.92 Å². The third-order valence-electron chi connectivity index (χ3n) is 7.73. The second kappa shape index (κ2) is 11.5. The van der Waals surface area contributed by atoms with Gasteiger partial charge in [0.1, 0.15) is 0 Å². The Balaban J connectivity index is 0.000000469. The molecular weight excluding hydrogens is 478 g/mol. The van der Waals surface area contributed by atoms with E-state index in [1.54, 1.807) is 6.20 Å². The number of alkyl halides is 2. The largest absolute Gasteiger partial charge is 0.465 e. The molecule has 1 saturated carbocycles. The first-order chi connectivity index (χ1) is 17.6. The molecule has 2 N–H and O–H groups in total. The van der Waals surface area contributed by atoms with Crippen molar-refractivity contribution < 1.29 is 23.5 Å². The zero-order valence-corrected chi connectivity index (χ0v) is 21.5. The molecule has 3 aliphatic rings. The van der Waals surface area contributed by atoms with Crippen LogP contribution in [0.1, 0.15) is 58.9 Å². The summed E-state index contributed by atoms with van der Waals surface area (Å²) in [5.41, 5.74) is 3.50. The van der Waals surface area contributed by atoms with Crippen molar-refractivity contribution in [3.8, 4) is 0 Å². The minimum atomic E-state index is -2.28. The third kappa shape index (κ3) is 6.83. The molecule has 2 saturated heterocycles. The van der Waals surface area contributed by atoms with E-state index in [-0.39, 0.29) is 24.8 Å². The number of likely N-dealkylation sites (tertiary alicyclic amines) is 2. The standard InChI is InChI=1S/C24H30N4O3.C4H6F2/c1-16-8-10-25-17(2)22(16)23(29)28-14-19-12-27(13-20(19)15-28)11-9-21(26-24(30)31)18-6-4-3-5-7-18;5-4(6)2-1-3-4/h3-8,10,19-21,26H,9,11-15H2,1-2H3,(H,30,31);1-3H2/t19-,20?,21?;/m0./s1. The summed E-state index contributed by atoms with van der Waals surface area (Å²) in [5.74, 6) is -1.23. The van der Waals surface area contributed by atoms with Crippen LogP contribution in [0.2, 0.25) is 0 Å². The summed E-state index contributed by atoms with van der Waals surface area (Å²) in [6.45, 7) is 8.16. The fourth-order valence-electron chi connectivity index (χ4n) is 5.53. The minimum Gasteiger partial charge on any atom is -0.465 e. The van der Waals surface area contributed by atoms with Crippen molar-refractivity contribution in [1.29, 1.82) is 0 Å². The molecule has 3 heterocycles. The monoisotopic (exact) mass is 514 g/mol. The van der Waals surface area contributed by atoms with Crippen molar-refractivity contribution in [2.45, 2.75) is 51.5 Å². The van der Waals surface area contributed by atoms with E-state index in [1.807, 2.05) is 55.1 Å². The molecule has 200 valence electrons. The van der Waals surface area contributed by atoms with Crippen molar-refractivity contribution in [2.75, 3.05) is 32.7 Å². The highest BCUT2D eigenvalue weighted by Crippen LogP contribution is 2.36. The third-order valence-corrected chi connectivity index (χ3v) is 7.73. The SMILES string of the molecule is Cc1ccnc(C)c1C(=O)N1CC2CN(CCC(NC(=O)O)c3ccccc3)C[C@H]2C1.FC1(F)CCC1. The number of fused-ring (bicyclic) bond motifs is 1.